The van der Waals surface area contributed by atoms with Gasteiger partial charge in [-0.2, -0.15) is 8.75 Å². The van der Waals surface area contributed by atoms with Crippen molar-refractivity contribution in [1.82, 2.24) is 13.7 Å². The van der Waals surface area contributed by atoms with E-state index in [2.05, 4.69) is 13.7 Å². The van der Waals surface area contributed by atoms with Gasteiger partial charge in [-0.25, -0.2) is 4.39 Å². The summed E-state index contributed by atoms with van der Waals surface area (Å²) in [6.45, 7) is 0.315. The number of halogens is 1. The van der Waals surface area contributed by atoms with Crippen LogP contribution in [0.5, 0.6) is 0 Å². The van der Waals surface area contributed by atoms with E-state index in [0.717, 1.165) is 17.3 Å². The van der Waals surface area contributed by atoms with Crippen molar-refractivity contribution in [3.8, 4) is 0 Å². The van der Waals surface area contributed by atoms with Gasteiger partial charge in [-0.3, -0.25) is 9.78 Å². The Kier molecular flexibility index (Phi) is 4.15. The number of amides is 1. The second kappa shape index (κ2) is 6.40. The zero-order chi connectivity index (χ0) is 15.4. The number of pyridine rings is 1. The lowest BCUT2D eigenvalue weighted by atomic mass is 10.2. The first-order chi connectivity index (χ1) is 10.7. The molecule has 5 nitrogen and oxygen atoms in total. The third-order valence-electron chi connectivity index (χ3n) is 3.03. The van der Waals surface area contributed by atoms with Gasteiger partial charge in [-0.1, -0.05) is 6.07 Å². The van der Waals surface area contributed by atoms with Crippen LogP contribution >= 0.6 is 11.7 Å². The van der Waals surface area contributed by atoms with Gasteiger partial charge in [-0.05, 0) is 35.9 Å². The van der Waals surface area contributed by atoms with Crippen LogP contribution in [-0.4, -0.2) is 19.6 Å². The Morgan fingerprint density at radius 1 is 1.18 bits per heavy atom. The summed E-state index contributed by atoms with van der Waals surface area (Å²) in [6, 6.07) is 9.42. The second-order valence-corrected chi connectivity index (χ2v) is 5.08. The maximum absolute atomic E-state index is 13.1. The van der Waals surface area contributed by atoms with E-state index >= 15 is 0 Å². The Labute approximate surface area is 130 Å². The van der Waals surface area contributed by atoms with Crippen molar-refractivity contribution >= 4 is 23.3 Å². The average Bonchev–Trinajstić information content (AvgIpc) is 3.08. The Morgan fingerprint density at radius 3 is 2.64 bits per heavy atom. The van der Waals surface area contributed by atoms with Crippen molar-refractivity contribution < 1.29 is 9.18 Å². The Bertz CT molecular complexity index is 747. The molecular formula is C15H11FN4OS. The monoisotopic (exact) mass is 314 g/mol. The number of hydrogen-bond donors (Lipinski definition) is 0. The number of carbonyl (C=O) groups is 1. The van der Waals surface area contributed by atoms with Gasteiger partial charge < -0.3 is 4.90 Å². The highest BCUT2D eigenvalue weighted by Crippen LogP contribution is 2.20. The molecule has 110 valence electrons. The molecule has 0 N–H and O–H groups in total. The Balaban J connectivity index is 1.94. The molecule has 0 bridgehead atoms. The molecule has 0 radical (unpaired) electrons. The maximum atomic E-state index is 13.1. The predicted molar refractivity (Wildman–Crippen MR) is 81.1 cm³/mol. The number of anilines is 1. The molecule has 0 fully saturated rings. The van der Waals surface area contributed by atoms with Gasteiger partial charge in [0.25, 0.3) is 5.91 Å². The molecule has 1 amide bonds. The normalized spacial score (nSPS) is 10.4. The van der Waals surface area contributed by atoms with Crippen LogP contribution in [0.25, 0.3) is 0 Å². The summed E-state index contributed by atoms with van der Waals surface area (Å²) in [7, 11) is 0. The van der Waals surface area contributed by atoms with E-state index in [-0.39, 0.29) is 17.4 Å². The zero-order valence-corrected chi connectivity index (χ0v) is 12.2. The van der Waals surface area contributed by atoms with E-state index in [9.17, 15) is 9.18 Å². The molecule has 0 spiro atoms. The molecule has 22 heavy (non-hydrogen) atoms. The average molecular weight is 314 g/mol. The fourth-order valence-corrected chi connectivity index (χ4v) is 2.38. The van der Waals surface area contributed by atoms with Gasteiger partial charge in [0, 0.05) is 18.1 Å². The highest BCUT2D eigenvalue weighted by atomic mass is 32.1. The number of nitrogens with zero attached hydrogens (tertiary/aromatic N) is 4. The highest BCUT2D eigenvalue weighted by molar-refractivity contribution is 6.99. The van der Waals surface area contributed by atoms with Crippen LogP contribution in [0.2, 0.25) is 0 Å². The maximum Gasteiger partial charge on any atom is 0.279 e. The van der Waals surface area contributed by atoms with Gasteiger partial charge in [0.1, 0.15) is 5.82 Å². The van der Waals surface area contributed by atoms with Crippen molar-refractivity contribution in [2.45, 2.75) is 6.54 Å². The Hall–Kier alpha value is -2.67. The predicted octanol–water partition coefficient (Wildman–Crippen LogP) is 2.92. The minimum Gasteiger partial charge on any atom is -0.302 e. The van der Waals surface area contributed by atoms with Crippen LogP contribution in [0.4, 0.5) is 10.1 Å². The van der Waals surface area contributed by atoms with Gasteiger partial charge in [-0.15, -0.1) is 0 Å². The number of hydrogen-bond acceptors (Lipinski definition) is 5. The molecule has 0 aliphatic carbocycles. The van der Waals surface area contributed by atoms with Crippen LogP contribution in [0.15, 0.2) is 55.0 Å². The lowest BCUT2D eigenvalue weighted by Gasteiger charge is -2.21. The van der Waals surface area contributed by atoms with E-state index < -0.39 is 0 Å². The lowest BCUT2D eigenvalue weighted by molar-refractivity contribution is 0.0981. The molecule has 0 unspecified atom stereocenters. The Morgan fingerprint density at radius 2 is 2.00 bits per heavy atom. The second-order valence-electron chi connectivity index (χ2n) is 4.52. The summed E-state index contributed by atoms with van der Waals surface area (Å²) in [5, 5.41) is 0. The summed E-state index contributed by atoms with van der Waals surface area (Å²) >= 11 is 0.969. The minimum absolute atomic E-state index is 0.262. The van der Waals surface area contributed by atoms with Gasteiger partial charge in [0.15, 0.2) is 5.69 Å². The van der Waals surface area contributed by atoms with E-state index in [1.807, 2.05) is 6.07 Å². The van der Waals surface area contributed by atoms with E-state index in [4.69, 9.17) is 0 Å². The summed E-state index contributed by atoms with van der Waals surface area (Å²) in [4.78, 5) is 18.2. The van der Waals surface area contributed by atoms with Crippen LogP contribution in [-0.2, 0) is 6.54 Å². The first kappa shape index (κ1) is 14.3. The topological polar surface area (TPSA) is 59.0 Å². The molecule has 2 aromatic heterocycles. The quantitative estimate of drug-likeness (QED) is 0.743. The van der Waals surface area contributed by atoms with E-state index in [1.54, 1.807) is 30.6 Å². The van der Waals surface area contributed by atoms with Crippen molar-refractivity contribution in [3.63, 3.8) is 0 Å². The molecule has 0 saturated carbocycles. The largest absolute Gasteiger partial charge is 0.302 e. The van der Waals surface area contributed by atoms with Gasteiger partial charge >= 0.3 is 0 Å². The zero-order valence-electron chi connectivity index (χ0n) is 11.4. The number of benzene rings is 1. The fourth-order valence-electron chi connectivity index (χ4n) is 1.97. The molecule has 0 aliphatic heterocycles. The lowest BCUT2D eigenvalue weighted by Crippen LogP contribution is -2.30. The van der Waals surface area contributed by atoms with E-state index in [1.165, 1.54) is 23.2 Å². The third kappa shape index (κ3) is 3.15. The minimum atomic E-state index is -0.354. The number of rotatable bonds is 4. The van der Waals surface area contributed by atoms with Crippen molar-refractivity contribution in [1.29, 1.82) is 0 Å². The molecule has 0 aliphatic rings. The van der Waals surface area contributed by atoms with E-state index in [0.29, 0.717) is 12.2 Å². The van der Waals surface area contributed by atoms with Crippen LogP contribution in [0, 0.1) is 5.82 Å². The summed E-state index contributed by atoms with van der Waals surface area (Å²) in [5.74, 6) is -0.642. The van der Waals surface area contributed by atoms with Crippen molar-refractivity contribution in [2.24, 2.45) is 0 Å². The van der Waals surface area contributed by atoms with Crippen LogP contribution < -0.4 is 4.90 Å². The molecule has 7 heteroatoms. The summed E-state index contributed by atoms with van der Waals surface area (Å²) in [5.41, 5.74) is 1.71. The van der Waals surface area contributed by atoms with Crippen molar-refractivity contribution in [3.05, 3.63) is 72.1 Å². The third-order valence-corrected chi connectivity index (χ3v) is 3.51. The molecule has 3 rings (SSSR count). The van der Waals surface area contributed by atoms with Crippen LogP contribution in [0.3, 0.4) is 0 Å². The first-order valence-electron chi connectivity index (χ1n) is 6.48. The molecule has 1 aromatic carbocycles. The summed E-state index contributed by atoms with van der Waals surface area (Å²) in [6.07, 6.45) is 4.77. The number of aromatic nitrogens is 3. The SMILES string of the molecule is O=C(c1cnsn1)N(Cc1cccnc1)c1ccc(F)cc1. The standard InChI is InChI=1S/C15H11FN4OS/c16-12-3-5-13(6-4-12)20(10-11-2-1-7-17-8-11)15(21)14-9-18-22-19-14/h1-9H,10H2. The summed E-state index contributed by atoms with van der Waals surface area (Å²) < 4.78 is 20.9. The molecule has 2 heterocycles. The number of carbonyl (C=O) groups excluding carboxylic acids is 1. The van der Waals surface area contributed by atoms with Gasteiger partial charge in [0.05, 0.1) is 24.5 Å². The first-order valence-corrected chi connectivity index (χ1v) is 7.21. The highest BCUT2D eigenvalue weighted by Gasteiger charge is 2.20. The smallest absolute Gasteiger partial charge is 0.279 e. The fraction of sp³-hybridized carbons (Fsp3) is 0.0667. The van der Waals surface area contributed by atoms with Crippen LogP contribution in [0.1, 0.15) is 16.1 Å². The molecule has 0 saturated heterocycles. The molecular weight excluding hydrogens is 303 g/mol. The molecule has 0 atom stereocenters. The van der Waals surface area contributed by atoms with Crippen molar-refractivity contribution in [2.75, 3.05) is 4.90 Å². The van der Waals surface area contributed by atoms with Gasteiger partial charge in [0.2, 0.25) is 0 Å². The molecule has 3 aromatic rings.